The minimum absolute atomic E-state index is 0.00262. The summed E-state index contributed by atoms with van der Waals surface area (Å²) in [6.45, 7) is 8.54. The molecule has 1 saturated heterocycles. The smallest absolute Gasteiger partial charge is 0.258 e. The number of benzene rings is 1. The first kappa shape index (κ1) is 22.2. The van der Waals surface area contributed by atoms with Crippen LogP contribution >= 0.6 is 11.6 Å². The molecule has 4 rings (SSSR count). The number of hydrogen-bond acceptors (Lipinski definition) is 6. The quantitative estimate of drug-likeness (QED) is 0.643. The molecule has 9 heteroatoms. The first-order valence-corrected chi connectivity index (χ1v) is 10.9. The average molecular weight is 457 g/mol. The number of carbonyl (C=O) groups is 1. The summed E-state index contributed by atoms with van der Waals surface area (Å²) < 4.78 is 11.6. The number of halogens is 1. The third kappa shape index (κ3) is 4.61. The van der Waals surface area contributed by atoms with Crippen LogP contribution in [0.5, 0.6) is 5.88 Å². The molecule has 1 amide bonds. The first-order valence-electron chi connectivity index (χ1n) is 10.5. The highest BCUT2D eigenvalue weighted by Gasteiger charge is 2.27. The predicted octanol–water partition coefficient (Wildman–Crippen LogP) is 3.67. The van der Waals surface area contributed by atoms with Crippen LogP contribution in [0.1, 0.15) is 48.6 Å². The van der Waals surface area contributed by atoms with E-state index in [0.717, 1.165) is 0 Å². The Labute approximate surface area is 190 Å². The number of nitrogens with zero attached hydrogens (tertiary/aromatic N) is 3. The number of aryl methyl sites for hydroxylation is 1. The first-order chi connectivity index (χ1) is 15.2. The van der Waals surface area contributed by atoms with E-state index in [2.05, 4.69) is 15.0 Å². The molecule has 1 aliphatic rings. The van der Waals surface area contributed by atoms with E-state index in [9.17, 15) is 9.59 Å². The van der Waals surface area contributed by atoms with Gasteiger partial charge in [-0.3, -0.25) is 9.59 Å². The molecule has 1 aromatic carbocycles. The van der Waals surface area contributed by atoms with Crippen LogP contribution in [0.3, 0.4) is 0 Å². The largest absolute Gasteiger partial charge is 0.470 e. The zero-order chi connectivity index (χ0) is 23.0. The summed E-state index contributed by atoms with van der Waals surface area (Å²) in [6, 6.07) is 6.70. The van der Waals surface area contributed by atoms with Gasteiger partial charge in [0, 0.05) is 35.9 Å². The van der Waals surface area contributed by atoms with E-state index in [4.69, 9.17) is 21.1 Å². The van der Waals surface area contributed by atoms with Crippen molar-refractivity contribution in [2.75, 3.05) is 13.1 Å². The van der Waals surface area contributed by atoms with E-state index in [0.29, 0.717) is 51.8 Å². The van der Waals surface area contributed by atoms with Crippen molar-refractivity contribution in [3.8, 4) is 5.88 Å². The monoisotopic (exact) mass is 456 g/mol. The number of ether oxygens (including phenoxy) is 2. The maximum absolute atomic E-state index is 12.8. The van der Waals surface area contributed by atoms with Crippen molar-refractivity contribution >= 4 is 28.4 Å². The Bertz CT molecular complexity index is 1200. The number of H-pyrrole nitrogens is 1. The van der Waals surface area contributed by atoms with Gasteiger partial charge in [-0.2, -0.15) is 0 Å². The molecule has 0 bridgehead atoms. The normalized spacial score (nSPS) is 19.7. The molecule has 3 aromatic rings. The van der Waals surface area contributed by atoms with E-state index in [-0.39, 0.29) is 23.7 Å². The van der Waals surface area contributed by atoms with Gasteiger partial charge in [0.1, 0.15) is 11.9 Å². The van der Waals surface area contributed by atoms with Crippen LogP contribution in [0, 0.1) is 6.92 Å². The standard InChI is InChI=1S/C23H25ClN4O4/c1-12-10-28(11-13(2)31-12)23(30)16-5-6-21(25-9-16)32-14(3)17-7-18-20(8-19(17)24)26-15(4)27-22(18)29/h5-9,12-14H,10-11H2,1-4H3,(H,26,27,29)/t12-,13+,14?. The minimum Gasteiger partial charge on any atom is -0.470 e. The molecule has 3 heterocycles. The van der Waals surface area contributed by atoms with Gasteiger partial charge in [-0.25, -0.2) is 9.97 Å². The Morgan fingerprint density at radius 1 is 1.28 bits per heavy atom. The molecule has 32 heavy (non-hydrogen) atoms. The van der Waals surface area contributed by atoms with Crippen molar-refractivity contribution < 1.29 is 14.3 Å². The lowest BCUT2D eigenvalue weighted by Crippen LogP contribution is -2.48. The summed E-state index contributed by atoms with van der Waals surface area (Å²) in [5, 5.41) is 0.887. The van der Waals surface area contributed by atoms with Crippen LogP contribution in [0.15, 0.2) is 35.3 Å². The zero-order valence-electron chi connectivity index (χ0n) is 18.4. The lowest BCUT2D eigenvalue weighted by atomic mass is 10.1. The number of amides is 1. The van der Waals surface area contributed by atoms with E-state index in [1.165, 1.54) is 6.20 Å². The molecule has 0 radical (unpaired) electrons. The predicted molar refractivity (Wildman–Crippen MR) is 121 cm³/mol. The second-order valence-electron chi connectivity index (χ2n) is 8.15. The Kier molecular flexibility index (Phi) is 6.17. The summed E-state index contributed by atoms with van der Waals surface area (Å²) in [4.78, 5) is 38.2. The highest BCUT2D eigenvalue weighted by molar-refractivity contribution is 6.32. The summed E-state index contributed by atoms with van der Waals surface area (Å²) in [7, 11) is 0. The number of hydrogen-bond donors (Lipinski definition) is 1. The van der Waals surface area contributed by atoms with Crippen LogP contribution in [-0.4, -0.2) is 51.1 Å². The average Bonchev–Trinajstić information content (AvgIpc) is 2.72. The van der Waals surface area contributed by atoms with Crippen LogP contribution in [0.4, 0.5) is 0 Å². The van der Waals surface area contributed by atoms with Gasteiger partial charge >= 0.3 is 0 Å². The van der Waals surface area contributed by atoms with Crippen LogP contribution < -0.4 is 10.3 Å². The van der Waals surface area contributed by atoms with Crippen molar-refractivity contribution in [1.29, 1.82) is 0 Å². The fraction of sp³-hybridized carbons (Fsp3) is 0.391. The Morgan fingerprint density at radius 3 is 2.66 bits per heavy atom. The van der Waals surface area contributed by atoms with E-state index >= 15 is 0 Å². The third-order valence-corrected chi connectivity index (χ3v) is 5.70. The molecule has 1 aliphatic heterocycles. The number of aromatic nitrogens is 3. The van der Waals surface area contributed by atoms with Gasteiger partial charge in [0.25, 0.3) is 11.5 Å². The fourth-order valence-electron chi connectivity index (χ4n) is 3.95. The summed E-state index contributed by atoms with van der Waals surface area (Å²) in [5.74, 6) is 0.791. The van der Waals surface area contributed by atoms with Crippen molar-refractivity contribution in [1.82, 2.24) is 19.9 Å². The molecule has 0 saturated carbocycles. The van der Waals surface area contributed by atoms with Gasteiger partial charge in [-0.15, -0.1) is 0 Å². The Balaban J connectivity index is 1.50. The summed E-state index contributed by atoms with van der Waals surface area (Å²) >= 11 is 6.43. The number of rotatable bonds is 4. The number of morpholine rings is 1. The molecular weight excluding hydrogens is 432 g/mol. The van der Waals surface area contributed by atoms with Crippen LogP contribution in [-0.2, 0) is 4.74 Å². The highest BCUT2D eigenvalue weighted by atomic mass is 35.5. The zero-order valence-corrected chi connectivity index (χ0v) is 19.1. The molecule has 2 aromatic heterocycles. The van der Waals surface area contributed by atoms with Gasteiger partial charge in [-0.05, 0) is 45.9 Å². The van der Waals surface area contributed by atoms with Gasteiger partial charge in [-0.1, -0.05) is 11.6 Å². The number of fused-ring (bicyclic) bond motifs is 1. The number of pyridine rings is 1. The topological polar surface area (TPSA) is 97.4 Å². The summed E-state index contributed by atoms with van der Waals surface area (Å²) in [5.41, 5.74) is 1.43. The number of aromatic amines is 1. The van der Waals surface area contributed by atoms with E-state index in [1.54, 1.807) is 36.1 Å². The van der Waals surface area contributed by atoms with Gasteiger partial charge < -0.3 is 19.4 Å². The maximum Gasteiger partial charge on any atom is 0.258 e. The van der Waals surface area contributed by atoms with Gasteiger partial charge in [0.05, 0.1) is 28.7 Å². The number of carbonyl (C=O) groups excluding carboxylic acids is 1. The third-order valence-electron chi connectivity index (χ3n) is 5.37. The lowest BCUT2D eigenvalue weighted by molar-refractivity contribution is -0.0586. The molecule has 0 aliphatic carbocycles. The van der Waals surface area contributed by atoms with Crippen molar-refractivity contribution in [3.63, 3.8) is 0 Å². The fourth-order valence-corrected chi connectivity index (χ4v) is 4.26. The summed E-state index contributed by atoms with van der Waals surface area (Å²) in [6.07, 6.45) is 1.03. The Morgan fingerprint density at radius 2 is 2.00 bits per heavy atom. The van der Waals surface area contributed by atoms with Crippen LogP contribution in [0.2, 0.25) is 5.02 Å². The molecule has 1 fully saturated rings. The second-order valence-corrected chi connectivity index (χ2v) is 8.56. The maximum atomic E-state index is 12.8. The second kappa shape index (κ2) is 8.88. The van der Waals surface area contributed by atoms with E-state index < -0.39 is 6.10 Å². The molecular formula is C23H25ClN4O4. The van der Waals surface area contributed by atoms with Gasteiger partial charge in [0.15, 0.2) is 0 Å². The highest BCUT2D eigenvalue weighted by Crippen LogP contribution is 2.29. The lowest BCUT2D eigenvalue weighted by Gasteiger charge is -2.35. The molecule has 1 N–H and O–H groups in total. The van der Waals surface area contributed by atoms with Crippen molar-refractivity contribution in [2.24, 2.45) is 0 Å². The molecule has 168 valence electrons. The minimum atomic E-state index is -0.470. The van der Waals surface area contributed by atoms with Crippen LogP contribution in [0.25, 0.3) is 10.9 Å². The molecule has 8 nitrogen and oxygen atoms in total. The SMILES string of the molecule is Cc1nc2cc(Cl)c(C(C)Oc3ccc(C(=O)N4C[C@@H](C)O[C@@H](C)C4)cn3)cc2c(=O)[nH]1. The van der Waals surface area contributed by atoms with Gasteiger partial charge in [0.2, 0.25) is 5.88 Å². The molecule has 0 spiro atoms. The van der Waals surface area contributed by atoms with Crippen molar-refractivity contribution in [3.05, 3.63) is 62.8 Å². The van der Waals surface area contributed by atoms with Crippen molar-refractivity contribution in [2.45, 2.75) is 46.0 Å². The number of nitrogens with one attached hydrogen (secondary N) is 1. The molecule has 3 atom stereocenters. The Hall–Kier alpha value is -2.97. The van der Waals surface area contributed by atoms with E-state index in [1.807, 2.05) is 20.8 Å². The molecule has 1 unspecified atom stereocenters.